The summed E-state index contributed by atoms with van der Waals surface area (Å²) in [5, 5.41) is 7.34. The van der Waals surface area contributed by atoms with Gasteiger partial charge in [-0.1, -0.05) is 0 Å². The monoisotopic (exact) mass is 385 g/mol. The topological polar surface area (TPSA) is 91.7 Å². The van der Waals surface area contributed by atoms with Gasteiger partial charge in [0.05, 0.1) is 11.8 Å². The van der Waals surface area contributed by atoms with Crippen molar-refractivity contribution >= 4 is 5.91 Å². The van der Waals surface area contributed by atoms with Gasteiger partial charge >= 0.3 is 0 Å². The number of fused-ring (bicyclic) bond motifs is 1. The van der Waals surface area contributed by atoms with Gasteiger partial charge in [-0.3, -0.25) is 9.59 Å². The van der Waals surface area contributed by atoms with Crippen LogP contribution in [0.4, 0.5) is 0 Å². The molecule has 8 heteroatoms. The fourth-order valence-corrected chi connectivity index (χ4v) is 3.35. The molecule has 1 N–H and O–H groups in total. The van der Waals surface area contributed by atoms with Crippen LogP contribution in [0.2, 0.25) is 0 Å². The first kappa shape index (κ1) is 18.5. The van der Waals surface area contributed by atoms with Gasteiger partial charge < -0.3 is 19.5 Å². The van der Waals surface area contributed by atoms with Crippen molar-refractivity contribution in [3.05, 3.63) is 40.7 Å². The molecule has 1 aromatic heterocycles. The lowest BCUT2D eigenvalue weighted by Crippen LogP contribution is -2.51. The van der Waals surface area contributed by atoms with E-state index in [4.69, 9.17) is 14.2 Å². The molecule has 1 unspecified atom stereocenters. The molecule has 28 heavy (non-hydrogen) atoms. The fourth-order valence-electron chi connectivity index (χ4n) is 3.35. The third-order valence-electron chi connectivity index (χ3n) is 5.07. The molecule has 1 fully saturated rings. The summed E-state index contributed by atoms with van der Waals surface area (Å²) in [6.45, 7) is 4.69. The molecule has 0 saturated carbocycles. The second kappa shape index (κ2) is 7.27. The molecule has 1 amide bonds. The zero-order chi connectivity index (χ0) is 19.7. The van der Waals surface area contributed by atoms with Crippen LogP contribution in [0.1, 0.15) is 26.7 Å². The summed E-state index contributed by atoms with van der Waals surface area (Å²) in [5.41, 5.74) is -0.157. The summed E-state index contributed by atoms with van der Waals surface area (Å²) >= 11 is 0. The molecule has 3 heterocycles. The highest BCUT2D eigenvalue weighted by Gasteiger charge is 2.33. The fraction of sp³-hybridized carbons (Fsp3) is 0.450. The van der Waals surface area contributed by atoms with E-state index in [-0.39, 0.29) is 24.4 Å². The maximum atomic E-state index is 12.8. The van der Waals surface area contributed by atoms with Gasteiger partial charge in [0.1, 0.15) is 5.54 Å². The van der Waals surface area contributed by atoms with Gasteiger partial charge in [0.15, 0.2) is 11.5 Å². The molecule has 4 rings (SSSR count). The Morgan fingerprint density at radius 1 is 1.25 bits per heavy atom. The van der Waals surface area contributed by atoms with E-state index in [1.54, 1.807) is 26.0 Å². The van der Waals surface area contributed by atoms with Crippen molar-refractivity contribution in [2.75, 3.05) is 19.9 Å². The molecular weight excluding hydrogens is 362 g/mol. The lowest BCUT2D eigenvalue weighted by atomic mass is 10.0. The predicted molar refractivity (Wildman–Crippen MR) is 101 cm³/mol. The highest BCUT2D eigenvalue weighted by Crippen LogP contribution is 2.35. The van der Waals surface area contributed by atoms with Crippen LogP contribution >= 0.6 is 0 Å². The summed E-state index contributed by atoms with van der Waals surface area (Å²) in [5.74, 6) is 1.02. The Morgan fingerprint density at radius 2 is 2.07 bits per heavy atom. The molecule has 0 radical (unpaired) electrons. The van der Waals surface area contributed by atoms with E-state index in [2.05, 4.69) is 10.4 Å². The lowest BCUT2D eigenvalue weighted by Gasteiger charge is -2.26. The molecule has 148 valence electrons. The largest absolute Gasteiger partial charge is 0.454 e. The van der Waals surface area contributed by atoms with Gasteiger partial charge in [-0.05, 0) is 51.0 Å². The lowest BCUT2D eigenvalue weighted by molar-refractivity contribution is -0.129. The Bertz CT molecular complexity index is 947. The van der Waals surface area contributed by atoms with Crippen LogP contribution in [0, 0.1) is 0 Å². The number of carbonyl (C=O) groups is 1. The van der Waals surface area contributed by atoms with Crippen LogP contribution in [-0.4, -0.2) is 41.7 Å². The van der Waals surface area contributed by atoms with E-state index in [1.165, 1.54) is 10.7 Å². The van der Waals surface area contributed by atoms with Gasteiger partial charge in [0.25, 0.3) is 5.56 Å². The zero-order valence-corrected chi connectivity index (χ0v) is 15.9. The van der Waals surface area contributed by atoms with Crippen molar-refractivity contribution in [2.24, 2.45) is 0 Å². The van der Waals surface area contributed by atoms with Crippen LogP contribution in [0.25, 0.3) is 11.3 Å². The van der Waals surface area contributed by atoms with Gasteiger partial charge in [-0.2, -0.15) is 5.10 Å². The Morgan fingerprint density at radius 3 is 2.86 bits per heavy atom. The first-order valence-corrected chi connectivity index (χ1v) is 9.36. The van der Waals surface area contributed by atoms with E-state index < -0.39 is 5.54 Å². The highest BCUT2D eigenvalue weighted by atomic mass is 16.7. The van der Waals surface area contributed by atoms with Crippen molar-refractivity contribution in [3.8, 4) is 22.8 Å². The first-order chi connectivity index (χ1) is 13.4. The number of aromatic nitrogens is 2. The average molecular weight is 385 g/mol. The molecule has 1 atom stereocenters. The maximum absolute atomic E-state index is 12.8. The standard InChI is InChI=1S/C20H23N3O5/c1-20(2,19(25)21-11-14-4-3-9-26-14)23-18(24)8-6-15(22-23)13-5-7-16-17(10-13)28-12-27-16/h5-8,10,14H,3-4,9,11-12H2,1-2H3,(H,21,25). The van der Waals surface area contributed by atoms with Crippen molar-refractivity contribution < 1.29 is 19.0 Å². The summed E-state index contributed by atoms with van der Waals surface area (Å²) in [6.07, 6.45) is 1.96. The minimum atomic E-state index is -1.15. The number of amides is 1. The number of ether oxygens (including phenoxy) is 3. The van der Waals surface area contributed by atoms with Crippen molar-refractivity contribution in [3.63, 3.8) is 0 Å². The number of hydrogen-bond donors (Lipinski definition) is 1. The number of carbonyl (C=O) groups excluding carboxylic acids is 1. The number of nitrogens with zero attached hydrogens (tertiary/aromatic N) is 2. The third kappa shape index (κ3) is 3.47. The number of nitrogens with one attached hydrogen (secondary N) is 1. The predicted octanol–water partition coefficient (Wildman–Crippen LogP) is 1.67. The Hall–Kier alpha value is -2.87. The quantitative estimate of drug-likeness (QED) is 0.842. The van der Waals surface area contributed by atoms with Crippen LogP contribution in [0.15, 0.2) is 35.1 Å². The summed E-state index contributed by atoms with van der Waals surface area (Å²) < 4.78 is 17.5. The normalized spacial score (nSPS) is 18.3. The van der Waals surface area contributed by atoms with E-state index in [9.17, 15) is 9.59 Å². The van der Waals surface area contributed by atoms with Gasteiger partial charge in [0, 0.05) is 24.8 Å². The maximum Gasteiger partial charge on any atom is 0.267 e. The second-order valence-electron chi connectivity index (χ2n) is 7.44. The molecule has 2 aliphatic rings. The molecule has 8 nitrogen and oxygen atoms in total. The Labute approximate surface area is 162 Å². The Kier molecular flexibility index (Phi) is 4.80. The van der Waals surface area contributed by atoms with Gasteiger partial charge in [-0.25, -0.2) is 4.68 Å². The second-order valence-corrected chi connectivity index (χ2v) is 7.44. The molecule has 0 bridgehead atoms. The third-order valence-corrected chi connectivity index (χ3v) is 5.07. The average Bonchev–Trinajstić information content (AvgIpc) is 3.37. The van der Waals surface area contributed by atoms with Crippen molar-refractivity contribution in [2.45, 2.75) is 38.3 Å². The zero-order valence-electron chi connectivity index (χ0n) is 15.9. The number of hydrogen-bond acceptors (Lipinski definition) is 6. The number of benzene rings is 1. The molecule has 1 saturated heterocycles. The smallest absolute Gasteiger partial charge is 0.267 e. The molecule has 2 aromatic rings. The minimum absolute atomic E-state index is 0.0319. The van der Waals surface area contributed by atoms with E-state index in [0.29, 0.717) is 23.7 Å². The van der Waals surface area contributed by atoms with Crippen LogP contribution in [0.5, 0.6) is 11.5 Å². The highest BCUT2D eigenvalue weighted by molar-refractivity contribution is 5.83. The van der Waals surface area contributed by atoms with Crippen molar-refractivity contribution in [1.29, 1.82) is 0 Å². The molecule has 1 aromatic carbocycles. The van der Waals surface area contributed by atoms with E-state index in [0.717, 1.165) is 25.0 Å². The SMILES string of the molecule is CC(C)(C(=O)NCC1CCCO1)n1nc(-c2ccc3c(c2)OCO3)ccc1=O. The van der Waals surface area contributed by atoms with Crippen LogP contribution in [-0.2, 0) is 15.1 Å². The number of rotatable bonds is 5. The van der Waals surface area contributed by atoms with Crippen LogP contribution in [0.3, 0.4) is 0 Å². The van der Waals surface area contributed by atoms with Crippen LogP contribution < -0.4 is 20.3 Å². The summed E-state index contributed by atoms with van der Waals surface area (Å²) in [7, 11) is 0. The molecular formula is C20H23N3O5. The molecule has 0 spiro atoms. The van der Waals surface area contributed by atoms with Gasteiger partial charge in [-0.15, -0.1) is 0 Å². The summed E-state index contributed by atoms with van der Waals surface area (Å²) in [6, 6.07) is 8.51. The van der Waals surface area contributed by atoms with Gasteiger partial charge in [0.2, 0.25) is 12.7 Å². The van der Waals surface area contributed by atoms with E-state index in [1.807, 2.05) is 12.1 Å². The van der Waals surface area contributed by atoms with Crippen molar-refractivity contribution in [1.82, 2.24) is 15.1 Å². The minimum Gasteiger partial charge on any atom is -0.454 e. The molecule has 2 aliphatic heterocycles. The summed E-state index contributed by atoms with van der Waals surface area (Å²) in [4.78, 5) is 25.2. The first-order valence-electron chi connectivity index (χ1n) is 9.36. The Balaban J connectivity index is 1.58. The molecule has 0 aliphatic carbocycles. The van der Waals surface area contributed by atoms with E-state index >= 15 is 0 Å².